The first-order chi connectivity index (χ1) is 19.6. The summed E-state index contributed by atoms with van der Waals surface area (Å²) in [5.41, 5.74) is 2.21. The molecule has 3 aromatic carbocycles. The van der Waals surface area contributed by atoms with E-state index in [1.807, 2.05) is 0 Å². The number of carbonyl (C=O) groups excluding carboxylic acids is 1. The first kappa shape index (κ1) is 31.6. The van der Waals surface area contributed by atoms with Crippen molar-refractivity contribution in [2.75, 3.05) is 13.7 Å². The van der Waals surface area contributed by atoms with Crippen molar-refractivity contribution in [3.63, 3.8) is 0 Å². The van der Waals surface area contributed by atoms with Gasteiger partial charge in [0.15, 0.2) is 23.0 Å². The summed E-state index contributed by atoms with van der Waals surface area (Å²) in [6, 6.07) is 14.7. The van der Waals surface area contributed by atoms with E-state index >= 15 is 0 Å². The highest BCUT2D eigenvalue weighted by Crippen LogP contribution is 2.37. The molecule has 0 spiro atoms. The largest absolute Gasteiger partial charge is 0.508 e. The SMILES string of the molecule is COc1cc(CC[C@@H](O)[C@@H](Cc2cccc(O)c2)C(=O)CCc2cc(O)c(O)c(OCCCC(C)C)c2)ccc1O. The number of phenolic OH excluding ortho intramolecular Hbond substituents is 4. The Labute approximate surface area is 241 Å². The first-order valence-electron chi connectivity index (χ1n) is 14.1. The average molecular weight is 567 g/mol. The molecule has 0 saturated carbocycles. The maximum absolute atomic E-state index is 13.5. The highest BCUT2D eigenvalue weighted by Gasteiger charge is 2.27. The highest BCUT2D eigenvalue weighted by atomic mass is 16.5. The van der Waals surface area contributed by atoms with Crippen molar-refractivity contribution in [3.05, 3.63) is 71.3 Å². The van der Waals surface area contributed by atoms with Gasteiger partial charge in [-0.25, -0.2) is 0 Å². The zero-order valence-electron chi connectivity index (χ0n) is 24.0. The smallest absolute Gasteiger partial charge is 0.200 e. The fraction of sp³-hybridized carbons (Fsp3) is 0.424. The first-order valence-corrected chi connectivity index (χ1v) is 14.1. The molecule has 0 heterocycles. The molecule has 0 amide bonds. The number of Topliss-reactive ketones (excluding diaryl/α,β-unsaturated/α-hetero) is 1. The van der Waals surface area contributed by atoms with Crippen LogP contribution >= 0.6 is 0 Å². The number of hydrogen-bond acceptors (Lipinski definition) is 8. The van der Waals surface area contributed by atoms with E-state index in [4.69, 9.17) is 9.47 Å². The fourth-order valence-electron chi connectivity index (χ4n) is 4.82. The lowest BCUT2D eigenvalue weighted by atomic mass is 9.85. The minimum absolute atomic E-state index is 0.0260. The maximum atomic E-state index is 13.5. The predicted molar refractivity (Wildman–Crippen MR) is 157 cm³/mol. The van der Waals surface area contributed by atoms with Gasteiger partial charge in [-0.05, 0) is 97.5 Å². The molecule has 0 aromatic heterocycles. The lowest BCUT2D eigenvalue weighted by Gasteiger charge is -2.23. The number of benzene rings is 3. The number of carbonyl (C=O) groups is 1. The van der Waals surface area contributed by atoms with E-state index in [0.29, 0.717) is 36.7 Å². The van der Waals surface area contributed by atoms with Crippen LogP contribution in [0, 0.1) is 11.8 Å². The van der Waals surface area contributed by atoms with Gasteiger partial charge in [-0.2, -0.15) is 0 Å². The standard InChI is InChI=1S/C33H42O8/c1-21(2)6-5-15-41-32-20-24(18-30(38)33(32)39)11-13-28(36)26(17-23-7-4-8-25(34)16-23)27(35)12-9-22-10-14-29(37)31(19-22)40-3/h4,7-8,10,14,16,18-21,26-27,34-35,37-39H,5-6,9,11-13,15,17H2,1-3H3/t26-,27-/m1/s1. The third-order valence-corrected chi connectivity index (χ3v) is 7.18. The van der Waals surface area contributed by atoms with Gasteiger partial charge in [-0.1, -0.05) is 32.0 Å². The summed E-state index contributed by atoms with van der Waals surface area (Å²) in [5, 5.41) is 51.4. The molecule has 5 N–H and O–H groups in total. The van der Waals surface area contributed by atoms with Crippen molar-refractivity contribution in [2.45, 2.75) is 64.9 Å². The Hall–Kier alpha value is -3.91. The molecule has 41 heavy (non-hydrogen) atoms. The van der Waals surface area contributed by atoms with Crippen molar-refractivity contribution in [3.8, 4) is 34.5 Å². The lowest BCUT2D eigenvalue weighted by Crippen LogP contribution is -2.31. The number of aryl methyl sites for hydroxylation is 2. The van der Waals surface area contributed by atoms with E-state index < -0.39 is 12.0 Å². The summed E-state index contributed by atoms with van der Waals surface area (Å²) in [5.74, 6) is -0.365. The van der Waals surface area contributed by atoms with Gasteiger partial charge in [0.25, 0.3) is 0 Å². The molecule has 0 aliphatic carbocycles. The highest BCUT2D eigenvalue weighted by molar-refractivity contribution is 5.82. The Morgan fingerprint density at radius 2 is 1.59 bits per heavy atom. The van der Waals surface area contributed by atoms with Gasteiger partial charge >= 0.3 is 0 Å². The molecule has 0 bridgehead atoms. The number of rotatable bonds is 16. The van der Waals surface area contributed by atoms with Gasteiger partial charge in [-0.3, -0.25) is 4.79 Å². The van der Waals surface area contributed by atoms with Gasteiger partial charge in [0.2, 0.25) is 5.75 Å². The second kappa shape index (κ2) is 15.2. The summed E-state index contributed by atoms with van der Waals surface area (Å²) >= 11 is 0. The number of methoxy groups -OCH3 is 1. The molecule has 8 heteroatoms. The van der Waals surface area contributed by atoms with Crippen LogP contribution in [0.25, 0.3) is 0 Å². The van der Waals surface area contributed by atoms with Crippen LogP contribution in [0.2, 0.25) is 0 Å². The van der Waals surface area contributed by atoms with E-state index in [0.717, 1.165) is 24.0 Å². The molecule has 3 aromatic rings. The molecule has 0 aliphatic heterocycles. The van der Waals surface area contributed by atoms with E-state index in [9.17, 15) is 30.3 Å². The van der Waals surface area contributed by atoms with Crippen LogP contribution in [0.4, 0.5) is 0 Å². The van der Waals surface area contributed by atoms with Gasteiger partial charge in [0, 0.05) is 12.3 Å². The van der Waals surface area contributed by atoms with Crippen LogP contribution in [0.3, 0.4) is 0 Å². The second-order valence-corrected chi connectivity index (χ2v) is 10.9. The molecular formula is C33H42O8. The Morgan fingerprint density at radius 3 is 2.29 bits per heavy atom. The van der Waals surface area contributed by atoms with Crippen molar-refractivity contribution >= 4 is 5.78 Å². The van der Waals surface area contributed by atoms with Crippen LogP contribution in [0.15, 0.2) is 54.6 Å². The fourth-order valence-corrected chi connectivity index (χ4v) is 4.82. The lowest BCUT2D eigenvalue weighted by molar-refractivity contribution is -0.126. The number of ketones is 1. The molecule has 2 atom stereocenters. The molecule has 0 unspecified atom stereocenters. The van der Waals surface area contributed by atoms with E-state index in [2.05, 4.69) is 13.8 Å². The van der Waals surface area contributed by atoms with Gasteiger partial charge in [0.05, 0.1) is 19.8 Å². The number of ether oxygens (including phenoxy) is 2. The molecule has 8 nitrogen and oxygen atoms in total. The molecule has 0 fully saturated rings. The van der Waals surface area contributed by atoms with Crippen molar-refractivity contribution in [1.29, 1.82) is 0 Å². The zero-order valence-corrected chi connectivity index (χ0v) is 24.0. The molecular weight excluding hydrogens is 524 g/mol. The van der Waals surface area contributed by atoms with E-state index in [-0.39, 0.29) is 53.8 Å². The summed E-state index contributed by atoms with van der Waals surface area (Å²) in [7, 11) is 1.47. The number of aliphatic hydroxyl groups excluding tert-OH is 1. The monoisotopic (exact) mass is 566 g/mol. The number of aromatic hydroxyl groups is 4. The molecule has 222 valence electrons. The van der Waals surface area contributed by atoms with Crippen molar-refractivity contribution in [2.24, 2.45) is 11.8 Å². The Bertz CT molecular complexity index is 1290. The summed E-state index contributed by atoms with van der Waals surface area (Å²) in [4.78, 5) is 13.5. The topological polar surface area (TPSA) is 137 Å². The third-order valence-electron chi connectivity index (χ3n) is 7.18. The van der Waals surface area contributed by atoms with Crippen LogP contribution in [0.5, 0.6) is 34.5 Å². The van der Waals surface area contributed by atoms with Crippen LogP contribution < -0.4 is 9.47 Å². The van der Waals surface area contributed by atoms with Crippen molar-refractivity contribution < 1.29 is 39.8 Å². The number of phenols is 4. The summed E-state index contributed by atoms with van der Waals surface area (Å²) in [6.45, 7) is 4.64. The van der Waals surface area contributed by atoms with E-state index in [1.165, 1.54) is 19.2 Å². The Balaban J connectivity index is 1.71. The number of aliphatic hydroxyl groups is 1. The minimum Gasteiger partial charge on any atom is -0.508 e. The van der Waals surface area contributed by atoms with Crippen molar-refractivity contribution in [1.82, 2.24) is 0 Å². The number of hydrogen-bond donors (Lipinski definition) is 5. The van der Waals surface area contributed by atoms with Crippen LogP contribution in [-0.2, 0) is 24.1 Å². The molecule has 0 saturated heterocycles. The van der Waals surface area contributed by atoms with Crippen LogP contribution in [0.1, 0.15) is 56.2 Å². The normalized spacial score (nSPS) is 12.7. The minimum atomic E-state index is -0.960. The zero-order chi connectivity index (χ0) is 29.9. The van der Waals surface area contributed by atoms with Gasteiger partial charge in [0.1, 0.15) is 11.5 Å². The van der Waals surface area contributed by atoms with Gasteiger partial charge in [-0.15, -0.1) is 0 Å². The predicted octanol–water partition coefficient (Wildman–Crippen LogP) is 5.69. The maximum Gasteiger partial charge on any atom is 0.200 e. The average Bonchev–Trinajstić information content (AvgIpc) is 2.94. The Kier molecular flexibility index (Phi) is 11.7. The third kappa shape index (κ3) is 9.60. The molecule has 0 aliphatic rings. The summed E-state index contributed by atoms with van der Waals surface area (Å²) < 4.78 is 10.9. The Morgan fingerprint density at radius 1 is 0.829 bits per heavy atom. The summed E-state index contributed by atoms with van der Waals surface area (Å²) in [6.07, 6.45) is 2.23. The second-order valence-electron chi connectivity index (χ2n) is 10.9. The van der Waals surface area contributed by atoms with E-state index in [1.54, 1.807) is 42.5 Å². The van der Waals surface area contributed by atoms with Gasteiger partial charge < -0.3 is 35.0 Å². The molecule has 3 rings (SSSR count). The van der Waals surface area contributed by atoms with Crippen LogP contribution in [-0.4, -0.2) is 51.1 Å². The quantitative estimate of drug-likeness (QED) is 0.110. The molecule has 0 radical (unpaired) electrons.